The molecule has 206 valence electrons. The first kappa shape index (κ1) is 29.1. The lowest BCUT2D eigenvalue weighted by Gasteiger charge is -2.27. The van der Waals surface area contributed by atoms with E-state index in [1.165, 1.54) is 36.2 Å². The Morgan fingerprint density at radius 1 is 1.27 bits per heavy atom. The van der Waals surface area contributed by atoms with Crippen molar-refractivity contribution >= 4 is 27.3 Å². The fourth-order valence-corrected chi connectivity index (χ4v) is 5.82. The van der Waals surface area contributed by atoms with Crippen LogP contribution in [-0.4, -0.2) is 61.5 Å². The van der Waals surface area contributed by atoms with Gasteiger partial charge in [0.25, 0.3) is 5.91 Å². The van der Waals surface area contributed by atoms with E-state index < -0.39 is 28.0 Å². The topological polar surface area (TPSA) is 99.5 Å². The summed E-state index contributed by atoms with van der Waals surface area (Å²) in [7, 11) is -1.70. The second-order valence-corrected chi connectivity index (χ2v) is 11.9. The van der Waals surface area contributed by atoms with Gasteiger partial charge in [-0.05, 0) is 57.6 Å². The molecule has 1 heterocycles. The number of aryl methyl sites for hydroxylation is 1. The molecular formula is C24H31ClF3N3O5S. The molecule has 1 N–H and O–H groups in total. The summed E-state index contributed by atoms with van der Waals surface area (Å²) in [6.07, 6.45) is -2.76. The number of carbonyl (C=O) groups is 1. The molecule has 2 aromatic rings. The van der Waals surface area contributed by atoms with Gasteiger partial charge in [0.05, 0.1) is 23.1 Å². The molecule has 3 rings (SSSR count). The second-order valence-electron chi connectivity index (χ2n) is 9.17. The summed E-state index contributed by atoms with van der Waals surface area (Å²) in [5.74, 6) is -0.146. The number of ether oxygens (including phenoxy) is 2. The molecule has 37 heavy (non-hydrogen) atoms. The lowest BCUT2D eigenvalue weighted by atomic mass is 9.89. The summed E-state index contributed by atoms with van der Waals surface area (Å²) in [6.45, 7) is 3.45. The van der Waals surface area contributed by atoms with Crippen LogP contribution in [-0.2, 0) is 16.4 Å². The molecule has 0 radical (unpaired) electrons. The number of nitrogens with one attached hydrogen (secondary N) is 1. The van der Waals surface area contributed by atoms with Gasteiger partial charge in [0.15, 0.2) is 11.8 Å². The quantitative estimate of drug-likeness (QED) is 0.464. The molecule has 0 bridgehead atoms. The zero-order valence-electron chi connectivity index (χ0n) is 21.1. The maximum atomic E-state index is 12.9. The summed E-state index contributed by atoms with van der Waals surface area (Å²) >= 11 is 6.59. The molecule has 1 unspecified atom stereocenters. The van der Waals surface area contributed by atoms with Crippen LogP contribution in [0.3, 0.4) is 0 Å². The van der Waals surface area contributed by atoms with Crippen LogP contribution in [0.15, 0.2) is 18.2 Å². The lowest BCUT2D eigenvalue weighted by Crippen LogP contribution is -2.34. The molecule has 0 spiro atoms. The number of rotatable bonds is 9. The number of hydrogen-bond donors (Lipinski definition) is 1. The van der Waals surface area contributed by atoms with Crippen molar-refractivity contribution < 1.29 is 35.9 Å². The van der Waals surface area contributed by atoms with Gasteiger partial charge in [0, 0.05) is 31.0 Å². The Hall–Kier alpha value is -2.47. The number of amides is 1. The summed E-state index contributed by atoms with van der Waals surface area (Å²) in [5.41, 5.74) is 0.832. The number of nitrogens with zero attached hydrogens (tertiary/aromatic N) is 2. The van der Waals surface area contributed by atoms with E-state index in [0.717, 1.165) is 6.92 Å². The number of halogens is 4. The van der Waals surface area contributed by atoms with Gasteiger partial charge in [-0.3, -0.25) is 9.48 Å². The predicted molar refractivity (Wildman–Crippen MR) is 134 cm³/mol. The second kappa shape index (κ2) is 11.5. The Morgan fingerprint density at radius 3 is 2.46 bits per heavy atom. The number of hydrogen-bond acceptors (Lipinski definition) is 6. The van der Waals surface area contributed by atoms with Crippen molar-refractivity contribution in [2.24, 2.45) is 5.92 Å². The molecule has 1 amide bonds. The van der Waals surface area contributed by atoms with Crippen LogP contribution in [0.4, 0.5) is 13.2 Å². The molecule has 13 heteroatoms. The monoisotopic (exact) mass is 565 g/mol. The van der Waals surface area contributed by atoms with Crippen LogP contribution in [0.5, 0.6) is 11.5 Å². The van der Waals surface area contributed by atoms with E-state index in [1.54, 1.807) is 0 Å². The highest BCUT2D eigenvalue weighted by Crippen LogP contribution is 2.39. The minimum atomic E-state index is -4.52. The van der Waals surface area contributed by atoms with Crippen molar-refractivity contribution in [2.45, 2.75) is 63.6 Å². The Labute approximate surface area is 219 Å². The zero-order valence-corrected chi connectivity index (χ0v) is 22.6. The Morgan fingerprint density at radius 2 is 1.92 bits per heavy atom. The van der Waals surface area contributed by atoms with Gasteiger partial charge in [-0.15, -0.1) is 0 Å². The molecule has 1 atom stereocenters. The largest absolute Gasteiger partial charge is 0.496 e. The van der Waals surface area contributed by atoms with Gasteiger partial charge in [0.2, 0.25) is 0 Å². The standard InChI is InChI=1S/C24H31ClF3N3O5S/c1-5-31-22(18-11-8-16(12-19(18)35-3)36-14(2)24(26,27)28)20(25)21(30-31)23(32)29-13-15-6-9-17(10-7-15)37(4,33)34/h8,11-12,14-15,17H,5-7,9-10,13H2,1-4H3,(H,29,32). The van der Waals surface area contributed by atoms with Gasteiger partial charge < -0.3 is 14.8 Å². The summed E-state index contributed by atoms with van der Waals surface area (Å²) in [5, 5.41) is 6.94. The third-order valence-corrected chi connectivity index (χ3v) is 8.60. The van der Waals surface area contributed by atoms with Crippen LogP contribution in [0.2, 0.25) is 5.02 Å². The van der Waals surface area contributed by atoms with Crippen molar-refractivity contribution in [1.82, 2.24) is 15.1 Å². The molecule has 1 fully saturated rings. The van der Waals surface area contributed by atoms with E-state index in [0.29, 0.717) is 50.0 Å². The number of benzene rings is 1. The average molecular weight is 566 g/mol. The summed E-state index contributed by atoms with van der Waals surface area (Å²) < 4.78 is 74.1. The Balaban J connectivity index is 1.78. The SMILES string of the molecule is CCn1nc(C(=O)NCC2CCC(S(C)(=O)=O)CC2)c(Cl)c1-c1ccc(OC(C)C(F)(F)F)cc1OC. The molecule has 1 aromatic heterocycles. The third kappa shape index (κ3) is 6.90. The van der Waals surface area contributed by atoms with Crippen LogP contribution < -0.4 is 14.8 Å². The highest BCUT2D eigenvalue weighted by molar-refractivity contribution is 7.91. The van der Waals surface area contributed by atoms with Crippen molar-refractivity contribution in [3.05, 3.63) is 28.9 Å². The number of carbonyl (C=O) groups excluding carboxylic acids is 1. The molecule has 1 aliphatic carbocycles. The maximum absolute atomic E-state index is 12.9. The maximum Gasteiger partial charge on any atom is 0.425 e. The van der Waals surface area contributed by atoms with Gasteiger partial charge in [-0.2, -0.15) is 18.3 Å². The van der Waals surface area contributed by atoms with Crippen molar-refractivity contribution in [2.75, 3.05) is 19.9 Å². The fraction of sp³-hybridized carbons (Fsp3) is 0.583. The number of alkyl halides is 3. The average Bonchev–Trinajstić information content (AvgIpc) is 3.17. The van der Waals surface area contributed by atoms with E-state index in [2.05, 4.69) is 10.4 Å². The van der Waals surface area contributed by atoms with Crippen LogP contribution in [0.25, 0.3) is 11.3 Å². The molecule has 8 nitrogen and oxygen atoms in total. The minimum Gasteiger partial charge on any atom is -0.496 e. The van der Waals surface area contributed by atoms with E-state index in [-0.39, 0.29) is 33.4 Å². The molecule has 1 saturated carbocycles. The van der Waals surface area contributed by atoms with Gasteiger partial charge in [-0.25, -0.2) is 8.42 Å². The molecule has 1 aliphatic rings. The fourth-order valence-electron chi connectivity index (χ4n) is 4.37. The van der Waals surface area contributed by atoms with E-state index >= 15 is 0 Å². The highest BCUT2D eigenvalue weighted by atomic mass is 35.5. The van der Waals surface area contributed by atoms with Crippen LogP contribution in [0.1, 0.15) is 50.0 Å². The first-order valence-corrected chi connectivity index (χ1v) is 14.2. The first-order chi connectivity index (χ1) is 17.3. The van der Waals surface area contributed by atoms with Gasteiger partial charge in [-0.1, -0.05) is 11.6 Å². The number of sulfone groups is 1. The smallest absolute Gasteiger partial charge is 0.425 e. The Kier molecular flexibility index (Phi) is 9.05. The van der Waals surface area contributed by atoms with E-state index in [1.807, 2.05) is 6.92 Å². The van der Waals surface area contributed by atoms with E-state index in [4.69, 9.17) is 21.1 Å². The van der Waals surface area contributed by atoms with Gasteiger partial charge >= 0.3 is 6.18 Å². The molecular weight excluding hydrogens is 535 g/mol. The van der Waals surface area contributed by atoms with Crippen LogP contribution in [0, 0.1) is 5.92 Å². The summed E-state index contributed by atoms with van der Waals surface area (Å²) in [4.78, 5) is 12.9. The summed E-state index contributed by atoms with van der Waals surface area (Å²) in [6, 6.07) is 4.21. The minimum absolute atomic E-state index is 0.0106. The Bertz CT molecular complexity index is 1220. The molecule has 1 aromatic carbocycles. The molecule has 0 saturated heterocycles. The van der Waals surface area contributed by atoms with Crippen molar-refractivity contribution in [1.29, 1.82) is 0 Å². The van der Waals surface area contributed by atoms with Crippen molar-refractivity contribution in [3.63, 3.8) is 0 Å². The zero-order chi connectivity index (χ0) is 27.5. The van der Waals surface area contributed by atoms with Crippen molar-refractivity contribution in [3.8, 4) is 22.8 Å². The first-order valence-electron chi connectivity index (χ1n) is 11.9. The highest BCUT2D eigenvalue weighted by Gasteiger charge is 2.38. The number of aromatic nitrogens is 2. The molecule has 0 aliphatic heterocycles. The number of methoxy groups -OCH3 is 1. The third-order valence-electron chi connectivity index (χ3n) is 6.56. The van der Waals surface area contributed by atoms with Crippen LogP contribution >= 0.6 is 11.6 Å². The van der Waals surface area contributed by atoms with Gasteiger partial charge in [0.1, 0.15) is 21.3 Å². The van der Waals surface area contributed by atoms with E-state index in [9.17, 15) is 26.4 Å². The predicted octanol–water partition coefficient (Wildman–Crippen LogP) is 4.89. The lowest BCUT2D eigenvalue weighted by molar-refractivity contribution is -0.189. The normalized spacial score (nSPS) is 19.4.